The van der Waals surface area contributed by atoms with Gasteiger partial charge in [0.15, 0.2) is 5.65 Å². The Hall–Kier alpha value is -1.99. The first-order valence-electron chi connectivity index (χ1n) is 9.42. The third-order valence-electron chi connectivity index (χ3n) is 5.50. The van der Waals surface area contributed by atoms with Crippen LogP contribution in [0.1, 0.15) is 40.8 Å². The second-order valence-corrected chi connectivity index (χ2v) is 8.35. The van der Waals surface area contributed by atoms with Crippen molar-refractivity contribution in [1.29, 1.82) is 0 Å². The first-order valence-corrected chi connectivity index (χ1v) is 10.3. The summed E-state index contributed by atoms with van der Waals surface area (Å²) < 4.78 is 1.96. The summed E-state index contributed by atoms with van der Waals surface area (Å²) in [6.07, 6.45) is 2.66. The van der Waals surface area contributed by atoms with Crippen molar-refractivity contribution in [2.75, 3.05) is 31.1 Å². The van der Waals surface area contributed by atoms with E-state index in [1.807, 2.05) is 22.8 Å². The SMILES string of the molecule is Cc1nc2ccc(N3CCN(Cc4csc(C5CC5)n4)CC3)nn2c1C. The molecule has 4 heterocycles. The van der Waals surface area contributed by atoms with Crippen LogP contribution in [0.15, 0.2) is 17.5 Å². The van der Waals surface area contributed by atoms with Crippen molar-refractivity contribution in [3.63, 3.8) is 0 Å². The Morgan fingerprint density at radius 2 is 1.88 bits per heavy atom. The van der Waals surface area contributed by atoms with E-state index in [9.17, 15) is 0 Å². The summed E-state index contributed by atoms with van der Waals surface area (Å²) in [6.45, 7) is 9.21. The predicted molar refractivity (Wildman–Crippen MR) is 104 cm³/mol. The highest BCUT2D eigenvalue weighted by Gasteiger charge is 2.27. The molecule has 7 heteroatoms. The molecular formula is C19H24N6S. The first kappa shape index (κ1) is 16.2. The van der Waals surface area contributed by atoms with E-state index in [4.69, 9.17) is 10.1 Å². The van der Waals surface area contributed by atoms with Crippen LogP contribution in [0.5, 0.6) is 0 Å². The Bertz CT molecular complexity index is 933. The molecule has 0 amide bonds. The lowest BCUT2D eigenvalue weighted by Gasteiger charge is -2.34. The van der Waals surface area contributed by atoms with Crippen LogP contribution in [-0.2, 0) is 6.54 Å². The van der Waals surface area contributed by atoms with Crippen LogP contribution in [0, 0.1) is 13.8 Å². The molecule has 1 saturated carbocycles. The molecule has 5 rings (SSSR count). The van der Waals surface area contributed by atoms with Crippen LogP contribution >= 0.6 is 11.3 Å². The minimum Gasteiger partial charge on any atom is -0.353 e. The zero-order chi connectivity index (χ0) is 17.7. The molecule has 0 atom stereocenters. The average molecular weight is 369 g/mol. The molecule has 1 saturated heterocycles. The van der Waals surface area contributed by atoms with Crippen molar-refractivity contribution in [3.8, 4) is 0 Å². The molecule has 2 aliphatic rings. The lowest BCUT2D eigenvalue weighted by atomic mass is 10.3. The molecule has 1 aliphatic heterocycles. The summed E-state index contributed by atoms with van der Waals surface area (Å²) in [7, 11) is 0. The number of hydrogen-bond donors (Lipinski definition) is 0. The number of fused-ring (bicyclic) bond motifs is 1. The monoisotopic (exact) mass is 368 g/mol. The fourth-order valence-electron chi connectivity index (χ4n) is 3.59. The highest BCUT2D eigenvalue weighted by molar-refractivity contribution is 7.09. The molecule has 0 bridgehead atoms. The summed E-state index contributed by atoms with van der Waals surface area (Å²) in [5.41, 5.74) is 4.34. The number of aryl methyl sites for hydroxylation is 2. The smallest absolute Gasteiger partial charge is 0.154 e. The summed E-state index contributed by atoms with van der Waals surface area (Å²) in [6, 6.07) is 4.17. The first-order chi connectivity index (χ1) is 12.7. The molecule has 0 N–H and O–H groups in total. The molecule has 3 aromatic rings. The van der Waals surface area contributed by atoms with Gasteiger partial charge in [-0.05, 0) is 38.8 Å². The number of thiazole rings is 1. The number of piperazine rings is 1. The number of hydrogen-bond acceptors (Lipinski definition) is 6. The fourth-order valence-corrected chi connectivity index (χ4v) is 4.57. The second-order valence-electron chi connectivity index (χ2n) is 7.46. The van der Waals surface area contributed by atoms with Gasteiger partial charge in [-0.25, -0.2) is 14.5 Å². The van der Waals surface area contributed by atoms with Crippen LogP contribution in [0.2, 0.25) is 0 Å². The van der Waals surface area contributed by atoms with Crippen LogP contribution in [-0.4, -0.2) is 50.7 Å². The molecule has 26 heavy (non-hydrogen) atoms. The van der Waals surface area contributed by atoms with E-state index in [0.29, 0.717) is 0 Å². The summed E-state index contributed by atoms with van der Waals surface area (Å²) >= 11 is 1.84. The summed E-state index contributed by atoms with van der Waals surface area (Å²) in [5, 5.41) is 8.41. The van der Waals surface area contributed by atoms with Gasteiger partial charge in [0.25, 0.3) is 0 Å². The van der Waals surface area contributed by atoms with E-state index in [-0.39, 0.29) is 0 Å². The van der Waals surface area contributed by atoms with E-state index >= 15 is 0 Å². The van der Waals surface area contributed by atoms with Crippen molar-refractivity contribution in [2.45, 2.75) is 39.2 Å². The topological polar surface area (TPSA) is 49.6 Å². The normalized spacial score (nSPS) is 18.8. The van der Waals surface area contributed by atoms with Gasteiger partial charge in [-0.15, -0.1) is 16.4 Å². The van der Waals surface area contributed by atoms with Gasteiger partial charge < -0.3 is 4.90 Å². The van der Waals surface area contributed by atoms with Crippen LogP contribution in [0.25, 0.3) is 5.65 Å². The van der Waals surface area contributed by atoms with Gasteiger partial charge in [0.05, 0.1) is 22.1 Å². The standard InChI is InChI=1S/C19H24N6S/c1-13-14(2)25-17(20-13)5-6-18(22-25)24-9-7-23(8-10-24)11-16-12-26-19(21-16)15-3-4-15/h5-6,12,15H,3-4,7-11H2,1-2H3. The predicted octanol–water partition coefficient (Wildman–Crippen LogP) is 3.00. The molecule has 0 radical (unpaired) electrons. The van der Waals surface area contributed by atoms with Gasteiger partial charge in [-0.3, -0.25) is 4.90 Å². The van der Waals surface area contributed by atoms with Crippen molar-refractivity contribution in [2.24, 2.45) is 0 Å². The van der Waals surface area contributed by atoms with E-state index in [1.165, 1.54) is 23.5 Å². The fraction of sp³-hybridized carbons (Fsp3) is 0.526. The van der Waals surface area contributed by atoms with E-state index < -0.39 is 0 Å². The number of aromatic nitrogens is 4. The number of anilines is 1. The number of rotatable bonds is 4. The van der Waals surface area contributed by atoms with Crippen LogP contribution in [0.4, 0.5) is 5.82 Å². The quantitative estimate of drug-likeness (QED) is 0.708. The highest BCUT2D eigenvalue weighted by Crippen LogP contribution is 2.41. The van der Waals surface area contributed by atoms with Crippen molar-refractivity contribution >= 4 is 22.8 Å². The van der Waals surface area contributed by atoms with Gasteiger partial charge in [-0.1, -0.05) is 0 Å². The van der Waals surface area contributed by atoms with Crippen molar-refractivity contribution in [3.05, 3.63) is 39.6 Å². The lowest BCUT2D eigenvalue weighted by molar-refractivity contribution is 0.246. The summed E-state index contributed by atoms with van der Waals surface area (Å²) in [5.74, 6) is 1.81. The highest BCUT2D eigenvalue weighted by atomic mass is 32.1. The molecule has 0 aromatic carbocycles. The lowest BCUT2D eigenvalue weighted by Crippen LogP contribution is -2.46. The maximum Gasteiger partial charge on any atom is 0.154 e. The molecule has 6 nitrogen and oxygen atoms in total. The molecule has 136 valence electrons. The third-order valence-corrected chi connectivity index (χ3v) is 6.56. The van der Waals surface area contributed by atoms with E-state index in [0.717, 1.165) is 61.5 Å². The Morgan fingerprint density at radius 1 is 1.08 bits per heavy atom. The van der Waals surface area contributed by atoms with Gasteiger partial charge >= 0.3 is 0 Å². The molecule has 1 aliphatic carbocycles. The third kappa shape index (κ3) is 2.99. The van der Waals surface area contributed by atoms with Crippen LogP contribution < -0.4 is 4.90 Å². The minimum absolute atomic E-state index is 0.766. The van der Waals surface area contributed by atoms with E-state index in [2.05, 4.69) is 39.2 Å². The molecule has 0 unspecified atom stereocenters. The minimum atomic E-state index is 0.766. The molecule has 0 spiro atoms. The molecular weight excluding hydrogens is 344 g/mol. The Kier molecular flexibility index (Phi) is 3.94. The maximum atomic E-state index is 4.83. The number of nitrogens with zero attached hydrogens (tertiary/aromatic N) is 6. The Morgan fingerprint density at radius 3 is 2.65 bits per heavy atom. The molecule has 3 aromatic heterocycles. The Balaban J connectivity index is 1.24. The average Bonchev–Trinajstić information content (AvgIpc) is 3.34. The second kappa shape index (κ2) is 6.32. The van der Waals surface area contributed by atoms with Crippen molar-refractivity contribution < 1.29 is 0 Å². The van der Waals surface area contributed by atoms with Crippen molar-refractivity contribution in [1.82, 2.24) is 24.5 Å². The van der Waals surface area contributed by atoms with Crippen LogP contribution in [0.3, 0.4) is 0 Å². The largest absolute Gasteiger partial charge is 0.353 e. The van der Waals surface area contributed by atoms with Gasteiger partial charge in [0.1, 0.15) is 5.82 Å². The Labute approximate surface area is 157 Å². The number of imidazole rings is 1. The molecule has 2 fully saturated rings. The van der Waals surface area contributed by atoms with Gasteiger partial charge in [0.2, 0.25) is 0 Å². The zero-order valence-corrected chi connectivity index (χ0v) is 16.2. The summed E-state index contributed by atoms with van der Waals surface area (Å²) in [4.78, 5) is 14.3. The van der Waals surface area contributed by atoms with E-state index in [1.54, 1.807) is 0 Å². The van der Waals surface area contributed by atoms with Gasteiger partial charge in [-0.2, -0.15) is 0 Å². The zero-order valence-electron chi connectivity index (χ0n) is 15.4. The maximum absolute atomic E-state index is 4.83. The van der Waals surface area contributed by atoms with Gasteiger partial charge in [0, 0.05) is 44.0 Å².